The lowest BCUT2D eigenvalue weighted by molar-refractivity contribution is 0.000914. The van der Waals surface area contributed by atoms with Gasteiger partial charge in [0.25, 0.3) is 0 Å². The van der Waals surface area contributed by atoms with Crippen molar-refractivity contribution >= 4 is 32.3 Å². The van der Waals surface area contributed by atoms with E-state index in [1.54, 1.807) is 0 Å². The van der Waals surface area contributed by atoms with Crippen molar-refractivity contribution in [2.45, 2.75) is 44.1 Å². The van der Waals surface area contributed by atoms with Crippen LogP contribution in [0.3, 0.4) is 0 Å². The molecule has 1 aliphatic rings. The smallest absolute Gasteiger partial charge is 0.0718 e. The fourth-order valence-corrected chi connectivity index (χ4v) is 4.60. The highest BCUT2D eigenvalue weighted by Gasteiger charge is 2.30. The molecule has 1 aliphatic carbocycles. The highest BCUT2D eigenvalue weighted by atomic mass is 16.3. The lowest BCUT2D eigenvalue weighted by atomic mass is 9.89. The van der Waals surface area contributed by atoms with Crippen LogP contribution in [0.25, 0.3) is 32.3 Å². The quantitative estimate of drug-likeness (QED) is 0.493. The van der Waals surface area contributed by atoms with Crippen LogP contribution in [-0.2, 0) is 6.54 Å². The normalized spacial score (nSPS) is 24.0. The largest absolute Gasteiger partial charge is 0.391 e. The van der Waals surface area contributed by atoms with E-state index < -0.39 is 12.2 Å². The monoisotopic (exact) mass is 345 g/mol. The Morgan fingerprint density at radius 2 is 1.38 bits per heavy atom. The Morgan fingerprint density at radius 3 is 2.12 bits per heavy atom. The van der Waals surface area contributed by atoms with Crippen molar-refractivity contribution in [1.29, 1.82) is 0 Å². The van der Waals surface area contributed by atoms with Crippen molar-refractivity contribution in [2.75, 3.05) is 0 Å². The van der Waals surface area contributed by atoms with Crippen molar-refractivity contribution < 1.29 is 10.2 Å². The van der Waals surface area contributed by atoms with E-state index in [2.05, 4.69) is 59.9 Å². The fourth-order valence-electron chi connectivity index (χ4n) is 4.60. The standard InChI is InChI=1S/C23H23NO2/c25-19-5-2-6-20(26)23(19)24-13-17-10-9-16-8-7-14-3-1-4-15-11-12-18(17)22(16)21(14)15/h1,3-4,7-12,19-20,23-26H,2,5-6,13H2. The Bertz CT molecular complexity index is 1050. The van der Waals surface area contributed by atoms with E-state index in [0.29, 0.717) is 6.54 Å². The molecule has 3 N–H and O–H groups in total. The van der Waals surface area contributed by atoms with E-state index in [0.717, 1.165) is 19.3 Å². The predicted molar refractivity (Wildman–Crippen MR) is 107 cm³/mol. The van der Waals surface area contributed by atoms with Crippen LogP contribution in [-0.4, -0.2) is 28.5 Å². The third kappa shape index (κ3) is 2.47. The van der Waals surface area contributed by atoms with Gasteiger partial charge in [-0.05, 0) is 57.1 Å². The Kier molecular flexibility index (Phi) is 3.82. The molecule has 26 heavy (non-hydrogen) atoms. The van der Waals surface area contributed by atoms with Gasteiger partial charge in [0.15, 0.2) is 0 Å². The zero-order valence-electron chi connectivity index (χ0n) is 14.7. The minimum absolute atomic E-state index is 0.248. The van der Waals surface area contributed by atoms with E-state index in [9.17, 15) is 10.2 Å². The van der Waals surface area contributed by atoms with E-state index in [4.69, 9.17) is 0 Å². The molecule has 0 bridgehead atoms. The first kappa shape index (κ1) is 16.0. The van der Waals surface area contributed by atoms with Gasteiger partial charge in [0, 0.05) is 6.54 Å². The van der Waals surface area contributed by atoms with Crippen LogP contribution in [0.15, 0.2) is 54.6 Å². The zero-order chi connectivity index (χ0) is 17.7. The van der Waals surface area contributed by atoms with Crippen molar-refractivity contribution in [3.8, 4) is 0 Å². The highest BCUT2D eigenvalue weighted by molar-refractivity contribution is 6.23. The number of hydrogen-bond acceptors (Lipinski definition) is 3. The van der Waals surface area contributed by atoms with Crippen molar-refractivity contribution in [2.24, 2.45) is 0 Å². The summed E-state index contributed by atoms with van der Waals surface area (Å²) < 4.78 is 0. The van der Waals surface area contributed by atoms with Gasteiger partial charge < -0.3 is 15.5 Å². The Balaban J connectivity index is 1.58. The van der Waals surface area contributed by atoms with E-state index in [1.165, 1.54) is 37.9 Å². The Morgan fingerprint density at radius 1 is 0.769 bits per heavy atom. The van der Waals surface area contributed by atoms with Crippen LogP contribution in [0, 0.1) is 0 Å². The maximum atomic E-state index is 10.2. The molecule has 3 nitrogen and oxygen atoms in total. The van der Waals surface area contributed by atoms with Gasteiger partial charge in [0.1, 0.15) is 0 Å². The maximum Gasteiger partial charge on any atom is 0.0718 e. The van der Waals surface area contributed by atoms with Gasteiger partial charge in [-0.2, -0.15) is 0 Å². The number of hydrogen-bond donors (Lipinski definition) is 3. The van der Waals surface area contributed by atoms with Crippen LogP contribution in [0.5, 0.6) is 0 Å². The molecule has 0 aliphatic heterocycles. The summed E-state index contributed by atoms with van der Waals surface area (Å²) in [5.41, 5.74) is 1.21. The first-order chi connectivity index (χ1) is 12.7. The topological polar surface area (TPSA) is 52.5 Å². The first-order valence-electron chi connectivity index (χ1n) is 9.47. The summed E-state index contributed by atoms with van der Waals surface area (Å²) in [6.07, 6.45) is 1.46. The minimum atomic E-state index is -0.474. The average Bonchev–Trinajstić information content (AvgIpc) is 2.66. The van der Waals surface area contributed by atoms with Gasteiger partial charge >= 0.3 is 0 Å². The molecule has 0 spiro atoms. The van der Waals surface area contributed by atoms with Gasteiger partial charge in [0.2, 0.25) is 0 Å². The molecular formula is C23H23NO2. The molecule has 3 heteroatoms. The number of benzene rings is 4. The number of rotatable bonds is 3. The average molecular weight is 345 g/mol. The molecule has 1 saturated carbocycles. The van der Waals surface area contributed by atoms with Crippen molar-refractivity contribution in [1.82, 2.24) is 5.32 Å². The molecule has 4 aromatic carbocycles. The first-order valence-corrected chi connectivity index (χ1v) is 9.47. The zero-order valence-corrected chi connectivity index (χ0v) is 14.7. The van der Waals surface area contributed by atoms with Crippen molar-refractivity contribution in [3.63, 3.8) is 0 Å². The van der Waals surface area contributed by atoms with Crippen LogP contribution >= 0.6 is 0 Å². The highest BCUT2D eigenvalue weighted by Crippen LogP contribution is 2.36. The lowest BCUT2D eigenvalue weighted by Gasteiger charge is -2.33. The van der Waals surface area contributed by atoms with Crippen molar-refractivity contribution in [3.05, 3.63) is 60.2 Å². The molecule has 0 saturated heterocycles. The minimum Gasteiger partial charge on any atom is -0.391 e. The van der Waals surface area contributed by atoms with Gasteiger partial charge in [-0.15, -0.1) is 0 Å². The van der Waals surface area contributed by atoms with E-state index in [-0.39, 0.29) is 6.04 Å². The lowest BCUT2D eigenvalue weighted by Crippen LogP contribution is -2.50. The molecule has 5 rings (SSSR count). The molecule has 1 fully saturated rings. The molecule has 4 aromatic rings. The number of nitrogens with one attached hydrogen (secondary N) is 1. The summed E-state index contributed by atoms with van der Waals surface area (Å²) in [7, 11) is 0. The predicted octanol–water partition coefficient (Wildman–Crippen LogP) is 3.95. The molecule has 0 aromatic heterocycles. The molecular weight excluding hydrogens is 322 g/mol. The number of aliphatic hydroxyl groups is 2. The summed E-state index contributed by atoms with van der Waals surface area (Å²) in [5.74, 6) is 0. The Hall–Kier alpha value is -2.20. The molecule has 0 heterocycles. The second-order valence-electron chi connectivity index (χ2n) is 7.55. The molecule has 0 radical (unpaired) electrons. The summed E-state index contributed by atoms with van der Waals surface area (Å²) in [5, 5.41) is 31.5. The van der Waals surface area contributed by atoms with Crippen LogP contribution in [0.1, 0.15) is 24.8 Å². The summed E-state index contributed by atoms with van der Waals surface area (Å²) >= 11 is 0. The van der Waals surface area contributed by atoms with Crippen LogP contribution in [0.2, 0.25) is 0 Å². The molecule has 2 unspecified atom stereocenters. The molecule has 132 valence electrons. The fraction of sp³-hybridized carbons (Fsp3) is 0.304. The van der Waals surface area contributed by atoms with Gasteiger partial charge in [-0.3, -0.25) is 0 Å². The van der Waals surface area contributed by atoms with Crippen LogP contribution in [0.4, 0.5) is 0 Å². The summed E-state index contributed by atoms with van der Waals surface area (Å²) in [6.45, 7) is 0.646. The Labute approximate surface area is 152 Å². The molecule has 0 amide bonds. The molecule has 2 atom stereocenters. The van der Waals surface area contributed by atoms with E-state index >= 15 is 0 Å². The van der Waals surface area contributed by atoms with Crippen LogP contribution < -0.4 is 5.32 Å². The summed E-state index contributed by atoms with van der Waals surface area (Å²) in [6, 6.07) is 19.3. The van der Waals surface area contributed by atoms with Gasteiger partial charge in [-0.25, -0.2) is 0 Å². The summed E-state index contributed by atoms with van der Waals surface area (Å²) in [4.78, 5) is 0. The van der Waals surface area contributed by atoms with E-state index in [1.807, 2.05) is 0 Å². The second kappa shape index (κ2) is 6.20. The maximum absolute atomic E-state index is 10.2. The third-order valence-corrected chi connectivity index (χ3v) is 5.98. The second-order valence-corrected chi connectivity index (χ2v) is 7.55. The third-order valence-electron chi connectivity index (χ3n) is 5.98. The van der Waals surface area contributed by atoms with Gasteiger partial charge in [0.05, 0.1) is 18.2 Å². The SMILES string of the molecule is OC1CCCC(O)C1NCc1ccc2ccc3cccc4ccc1c2c34. The number of aliphatic hydroxyl groups excluding tert-OH is 2. The van der Waals surface area contributed by atoms with Gasteiger partial charge in [-0.1, -0.05) is 54.6 Å².